The second-order valence-corrected chi connectivity index (χ2v) is 15.0. The van der Waals surface area contributed by atoms with Crippen LogP contribution in [0.3, 0.4) is 0 Å². The Morgan fingerprint density at radius 2 is 1.36 bits per heavy atom. The summed E-state index contributed by atoms with van der Waals surface area (Å²) in [4.78, 5) is 34.9. The van der Waals surface area contributed by atoms with Crippen LogP contribution in [0.25, 0.3) is 0 Å². The zero-order valence-corrected chi connectivity index (χ0v) is 26.2. The summed E-state index contributed by atoms with van der Waals surface area (Å²) >= 11 is 0. The van der Waals surface area contributed by atoms with E-state index in [1.165, 1.54) is 12.8 Å². The Labute approximate surface area is 237 Å². The van der Waals surface area contributed by atoms with Gasteiger partial charge in [-0.25, -0.2) is 9.59 Å². The molecule has 4 saturated heterocycles. The molecule has 0 aliphatic carbocycles. The lowest BCUT2D eigenvalue weighted by Crippen LogP contribution is -2.62. The summed E-state index contributed by atoms with van der Waals surface area (Å²) in [6.07, 6.45) is 8.03. The van der Waals surface area contributed by atoms with E-state index < -0.39 is 11.2 Å². The van der Waals surface area contributed by atoms with Gasteiger partial charge in [-0.15, -0.1) is 0 Å². The molecular weight excluding hydrogens is 492 g/mol. The van der Waals surface area contributed by atoms with Crippen molar-refractivity contribution in [2.24, 2.45) is 5.41 Å². The van der Waals surface area contributed by atoms with Crippen LogP contribution in [0.15, 0.2) is 0 Å². The maximum absolute atomic E-state index is 12.9. The fraction of sp³-hybridized carbons (Fsp3) is 0.935. The molecule has 4 fully saturated rings. The molecule has 4 heterocycles. The number of amides is 2. The van der Waals surface area contributed by atoms with Gasteiger partial charge in [0.05, 0.1) is 0 Å². The minimum Gasteiger partial charge on any atom is -0.444 e. The van der Waals surface area contributed by atoms with Crippen LogP contribution < -0.4 is 0 Å². The first kappa shape index (κ1) is 30.4. The number of carbonyl (C=O) groups is 2. The average molecular weight is 549 g/mol. The Bertz CT molecular complexity index is 858. The molecule has 0 aromatic rings. The molecule has 2 amide bonds. The summed E-state index contributed by atoms with van der Waals surface area (Å²) in [7, 11) is 0. The monoisotopic (exact) mass is 548 g/mol. The maximum atomic E-state index is 12.9. The fourth-order valence-corrected chi connectivity index (χ4v) is 7.26. The Morgan fingerprint density at radius 1 is 0.769 bits per heavy atom. The molecule has 4 rings (SSSR count). The van der Waals surface area contributed by atoms with E-state index in [0.717, 1.165) is 84.3 Å². The number of carbonyl (C=O) groups excluding carboxylic acids is 2. The number of nitrogens with zero attached hydrogens (tertiary/aromatic N) is 4. The minimum atomic E-state index is -0.481. The highest BCUT2D eigenvalue weighted by atomic mass is 16.6. The van der Waals surface area contributed by atoms with Crippen molar-refractivity contribution in [1.82, 2.24) is 19.6 Å². The number of hydrogen-bond acceptors (Lipinski definition) is 6. The lowest BCUT2D eigenvalue weighted by atomic mass is 9.72. The van der Waals surface area contributed by atoms with Gasteiger partial charge in [0.2, 0.25) is 0 Å². The van der Waals surface area contributed by atoms with Gasteiger partial charge >= 0.3 is 12.2 Å². The predicted octanol–water partition coefficient (Wildman–Crippen LogP) is 5.74. The van der Waals surface area contributed by atoms with Crippen molar-refractivity contribution in [3.63, 3.8) is 0 Å². The number of likely N-dealkylation sites (tertiary alicyclic amines) is 4. The molecule has 2 spiro atoms. The van der Waals surface area contributed by atoms with Gasteiger partial charge in [-0.3, -0.25) is 0 Å². The molecule has 0 radical (unpaired) electrons. The van der Waals surface area contributed by atoms with Crippen LogP contribution in [0.4, 0.5) is 9.59 Å². The smallest absolute Gasteiger partial charge is 0.410 e. The van der Waals surface area contributed by atoms with Crippen LogP contribution in [-0.4, -0.2) is 106 Å². The summed E-state index contributed by atoms with van der Waals surface area (Å²) in [5, 5.41) is 0. The van der Waals surface area contributed by atoms with Crippen LogP contribution >= 0.6 is 0 Å². The van der Waals surface area contributed by atoms with Gasteiger partial charge in [0.25, 0.3) is 0 Å². The average Bonchev–Trinajstić information content (AvgIpc) is 3.23. The van der Waals surface area contributed by atoms with Crippen molar-refractivity contribution < 1.29 is 19.1 Å². The summed E-state index contributed by atoms with van der Waals surface area (Å²) in [6.45, 7) is 23.5. The van der Waals surface area contributed by atoms with Crippen molar-refractivity contribution in [3.05, 3.63) is 0 Å². The molecule has 0 aromatic carbocycles. The van der Waals surface area contributed by atoms with Crippen LogP contribution in [0.5, 0.6) is 0 Å². The topological polar surface area (TPSA) is 65.6 Å². The Kier molecular flexibility index (Phi) is 8.88. The molecule has 1 unspecified atom stereocenters. The number of hydrogen-bond donors (Lipinski definition) is 0. The molecular formula is C31H56N4O4. The van der Waals surface area contributed by atoms with E-state index in [0.29, 0.717) is 17.5 Å². The summed E-state index contributed by atoms with van der Waals surface area (Å²) in [6, 6.07) is 1.02. The zero-order chi connectivity index (χ0) is 28.6. The van der Waals surface area contributed by atoms with E-state index in [1.54, 1.807) is 0 Å². The molecule has 4 aliphatic heterocycles. The number of rotatable bonds is 6. The quantitative estimate of drug-likeness (QED) is 0.422. The van der Waals surface area contributed by atoms with E-state index >= 15 is 0 Å². The second kappa shape index (κ2) is 11.4. The van der Waals surface area contributed by atoms with Crippen molar-refractivity contribution in [2.45, 2.75) is 136 Å². The zero-order valence-electron chi connectivity index (χ0n) is 26.2. The van der Waals surface area contributed by atoms with Crippen LogP contribution in [-0.2, 0) is 9.47 Å². The standard InChI is InChI=1S/C31H56N4O4/c1-24(2)32-18-13-30(14-19-32)22-34(23-30)26(36)39-29(7,8)12-10-25(3)33-20-15-31(16-21-33)11-9-17-35(31)27(37)38-28(4,5)6/h24-25H,9-23H2,1-8H3. The Hall–Kier alpha value is -1.54. The molecule has 0 bridgehead atoms. The lowest BCUT2D eigenvalue weighted by molar-refractivity contribution is -0.0683. The third-order valence-corrected chi connectivity index (χ3v) is 9.99. The highest BCUT2D eigenvalue weighted by molar-refractivity contribution is 5.70. The van der Waals surface area contributed by atoms with Crippen LogP contribution in [0.1, 0.15) is 107 Å². The maximum Gasteiger partial charge on any atom is 0.410 e. The molecule has 224 valence electrons. The van der Waals surface area contributed by atoms with Crippen molar-refractivity contribution >= 4 is 12.2 Å². The SMILES string of the molecule is CC(C)N1CCC2(CC1)CN(C(=O)OC(C)(C)CCC(C)N1CCC3(CCCN3C(=O)OC(C)(C)C)CC1)C2. The third kappa shape index (κ3) is 7.22. The first-order valence-electron chi connectivity index (χ1n) is 15.6. The first-order valence-corrected chi connectivity index (χ1v) is 15.6. The molecule has 8 heteroatoms. The molecule has 8 nitrogen and oxygen atoms in total. The van der Waals surface area contributed by atoms with E-state index in [2.05, 4.69) is 44.4 Å². The van der Waals surface area contributed by atoms with Gasteiger partial charge in [-0.2, -0.15) is 0 Å². The van der Waals surface area contributed by atoms with E-state index in [4.69, 9.17) is 9.47 Å². The second-order valence-electron chi connectivity index (χ2n) is 15.0. The normalized spacial score (nSPS) is 24.7. The summed E-state index contributed by atoms with van der Waals surface area (Å²) in [5.74, 6) is 0. The van der Waals surface area contributed by atoms with E-state index in [-0.39, 0.29) is 17.7 Å². The first-order chi connectivity index (χ1) is 18.1. The van der Waals surface area contributed by atoms with Gasteiger partial charge in [0.15, 0.2) is 0 Å². The highest BCUT2D eigenvalue weighted by Gasteiger charge is 2.49. The van der Waals surface area contributed by atoms with Gasteiger partial charge < -0.3 is 29.1 Å². The third-order valence-electron chi connectivity index (χ3n) is 9.99. The van der Waals surface area contributed by atoms with Crippen LogP contribution in [0, 0.1) is 5.41 Å². The van der Waals surface area contributed by atoms with Gasteiger partial charge in [0, 0.05) is 55.8 Å². The van der Waals surface area contributed by atoms with Crippen molar-refractivity contribution in [1.29, 1.82) is 0 Å². The van der Waals surface area contributed by atoms with Crippen molar-refractivity contribution in [3.8, 4) is 0 Å². The summed E-state index contributed by atoms with van der Waals surface area (Å²) in [5.41, 5.74) is -0.680. The molecule has 1 atom stereocenters. The Balaban J connectivity index is 1.19. The minimum absolute atomic E-state index is 0.0483. The van der Waals surface area contributed by atoms with Crippen LogP contribution in [0.2, 0.25) is 0 Å². The largest absolute Gasteiger partial charge is 0.444 e. The Morgan fingerprint density at radius 3 is 1.92 bits per heavy atom. The van der Waals surface area contributed by atoms with Gasteiger partial charge in [0.1, 0.15) is 11.2 Å². The molecule has 0 saturated carbocycles. The number of ether oxygens (including phenoxy) is 2. The van der Waals surface area contributed by atoms with Crippen molar-refractivity contribution in [2.75, 3.05) is 45.8 Å². The van der Waals surface area contributed by atoms with E-state index in [9.17, 15) is 9.59 Å². The molecule has 39 heavy (non-hydrogen) atoms. The van der Waals surface area contributed by atoms with Gasteiger partial charge in [-0.05, 0) is 120 Å². The summed E-state index contributed by atoms with van der Waals surface area (Å²) < 4.78 is 11.8. The predicted molar refractivity (Wildman–Crippen MR) is 155 cm³/mol. The molecule has 0 N–H and O–H groups in total. The van der Waals surface area contributed by atoms with Gasteiger partial charge in [-0.1, -0.05) is 0 Å². The number of piperidine rings is 2. The fourth-order valence-electron chi connectivity index (χ4n) is 7.26. The van der Waals surface area contributed by atoms with E-state index in [1.807, 2.05) is 30.6 Å². The molecule has 4 aliphatic rings. The highest BCUT2D eigenvalue weighted by Crippen LogP contribution is 2.42. The lowest BCUT2D eigenvalue weighted by Gasteiger charge is -2.54. The molecule has 0 aromatic heterocycles.